The molecule has 0 fully saturated rings. The summed E-state index contributed by atoms with van der Waals surface area (Å²) in [5, 5.41) is 17.4. The van der Waals surface area contributed by atoms with E-state index in [0.717, 1.165) is 34.3 Å². The standard InChI is InChI=1S/C18H20N2O/c1-3-20-15(11-13(2)19-20)12-18(21)17-10-6-8-14-7-4-5-9-16(14)17/h4-11,18,21H,3,12H2,1-2H3. The lowest BCUT2D eigenvalue weighted by molar-refractivity contribution is 0.177. The monoisotopic (exact) mass is 280 g/mol. The smallest absolute Gasteiger partial charge is 0.0851 e. The van der Waals surface area contributed by atoms with Crippen LogP contribution in [0.25, 0.3) is 10.8 Å². The minimum atomic E-state index is -0.516. The summed E-state index contributed by atoms with van der Waals surface area (Å²) in [7, 11) is 0. The minimum absolute atomic E-state index is 0.516. The Morgan fingerprint density at radius 1 is 1.14 bits per heavy atom. The van der Waals surface area contributed by atoms with Crippen LogP contribution < -0.4 is 0 Å². The van der Waals surface area contributed by atoms with Crippen LogP contribution >= 0.6 is 0 Å². The zero-order chi connectivity index (χ0) is 14.8. The summed E-state index contributed by atoms with van der Waals surface area (Å²) >= 11 is 0. The van der Waals surface area contributed by atoms with Crippen molar-refractivity contribution in [2.24, 2.45) is 0 Å². The van der Waals surface area contributed by atoms with Gasteiger partial charge in [-0.15, -0.1) is 0 Å². The van der Waals surface area contributed by atoms with Crippen LogP contribution in [0.3, 0.4) is 0 Å². The number of aliphatic hydroxyl groups is 1. The van der Waals surface area contributed by atoms with Crippen molar-refractivity contribution in [3.05, 3.63) is 65.5 Å². The van der Waals surface area contributed by atoms with Gasteiger partial charge in [0, 0.05) is 18.7 Å². The maximum atomic E-state index is 10.7. The van der Waals surface area contributed by atoms with Gasteiger partial charge in [-0.3, -0.25) is 4.68 Å². The molecule has 1 N–H and O–H groups in total. The second-order valence-corrected chi connectivity index (χ2v) is 5.38. The van der Waals surface area contributed by atoms with Crippen LogP contribution in [0.5, 0.6) is 0 Å². The molecular formula is C18H20N2O. The largest absolute Gasteiger partial charge is 0.388 e. The summed E-state index contributed by atoms with van der Waals surface area (Å²) in [6, 6.07) is 16.3. The highest BCUT2D eigenvalue weighted by Gasteiger charge is 2.14. The highest BCUT2D eigenvalue weighted by molar-refractivity contribution is 5.85. The summed E-state index contributed by atoms with van der Waals surface area (Å²) in [5.74, 6) is 0. The van der Waals surface area contributed by atoms with Gasteiger partial charge in [0.15, 0.2) is 0 Å². The van der Waals surface area contributed by atoms with Crippen molar-refractivity contribution < 1.29 is 5.11 Å². The van der Waals surface area contributed by atoms with Gasteiger partial charge in [-0.25, -0.2) is 0 Å². The molecule has 1 atom stereocenters. The van der Waals surface area contributed by atoms with Crippen molar-refractivity contribution in [3.63, 3.8) is 0 Å². The van der Waals surface area contributed by atoms with Gasteiger partial charge in [-0.05, 0) is 36.2 Å². The van der Waals surface area contributed by atoms with Crippen molar-refractivity contribution in [1.29, 1.82) is 0 Å². The number of aliphatic hydroxyl groups excluding tert-OH is 1. The SMILES string of the molecule is CCn1nc(C)cc1CC(O)c1cccc2ccccc12. The number of aryl methyl sites for hydroxylation is 2. The quantitative estimate of drug-likeness (QED) is 0.792. The summed E-state index contributed by atoms with van der Waals surface area (Å²) in [5.41, 5.74) is 3.06. The molecule has 1 unspecified atom stereocenters. The highest BCUT2D eigenvalue weighted by atomic mass is 16.3. The molecule has 1 heterocycles. The molecule has 0 saturated carbocycles. The average Bonchev–Trinajstić information content (AvgIpc) is 2.86. The number of rotatable bonds is 4. The van der Waals surface area contributed by atoms with Gasteiger partial charge < -0.3 is 5.11 Å². The van der Waals surface area contributed by atoms with Gasteiger partial charge in [0.25, 0.3) is 0 Å². The van der Waals surface area contributed by atoms with E-state index >= 15 is 0 Å². The van der Waals surface area contributed by atoms with E-state index in [1.165, 1.54) is 0 Å². The average molecular weight is 280 g/mol. The third kappa shape index (κ3) is 2.69. The summed E-state index contributed by atoms with van der Waals surface area (Å²) in [4.78, 5) is 0. The number of nitrogens with zero attached hydrogens (tertiary/aromatic N) is 2. The fourth-order valence-electron chi connectivity index (χ4n) is 2.89. The molecule has 3 rings (SSSR count). The Bertz CT molecular complexity index is 756. The molecule has 0 spiro atoms. The van der Waals surface area contributed by atoms with Crippen LogP contribution in [0.15, 0.2) is 48.5 Å². The van der Waals surface area contributed by atoms with Gasteiger partial charge in [0.05, 0.1) is 11.8 Å². The topological polar surface area (TPSA) is 38.0 Å². The highest BCUT2D eigenvalue weighted by Crippen LogP contribution is 2.26. The molecule has 0 radical (unpaired) electrons. The first-order chi connectivity index (χ1) is 10.2. The molecule has 21 heavy (non-hydrogen) atoms. The van der Waals surface area contributed by atoms with Crippen molar-refractivity contribution in [2.45, 2.75) is 32.9 Å². The van der Waals surface area contributed by atoms with Crippen LogP contribution in [-0.2, 0) is 13.0 Å². The predicted octanol–water partition coefficient (Wildman–Crippen LogP) is 3.64. The fraction of sp³-hybridized carbons (Fsp3) is 0.278. The Morgan fingerprint density at radius 3 is 2.71 bits per heavy atom. The van der Waals surface area contributed by atoms with E-state index in [9.17, 15) is 5.11 Å². The molecule has 3 aromatic rings. The minimum Gasteiger partial charge on any atom is -0.388 e. The molecular weight excluding hydrogens is 260 g/mol. The van der Waals surface area contributed by atoms with E-state index in [1.54, 1.807) is 0 Å². The first-order valence-electron chi connectivity index (χ1n) is 7.38. The second-order valence-electron chi connectivity index (χ2n) is 5.38. The third-order valence-corrected chi connectivity index (χ3v) is 3.87. The van der Waals surface area contributed by atoms with Crippen molar-refractivity contribution in [3.8, 4) is 0 Å². The molecule has 0 saturated heterocycles. The second kappa shape index (κ2) is 5.70. The van der Waals surface area contributed by atoms with Crippen molar-refractivity contribution >= 4 is 10.8 Å². The van der Waals surface area contributed by atoms with E-state index in [2.05, 4.69) is 36.3 Å². The Kier molecular flexibility index (Phi) is 3.76. The van der Waals surface area contributed by atoms with Gasteiger partial charge in [0.2, 0.25) is 0 Å². The lowest BCUT2D eigenvalue weighted by atomic mass is 9.98. The zero-order valence-corrected chi connectivity index (χ0v) is 12.5. The molecule has 2 aromatic carbocycles. The number of aromatic nitrogens is 2. The van der Waals surface area contributed by atoms with E-state index in [1.807, 2.05) is 35.9 Å². The van der Waals surface area contributed by atoms with Gasteiger partial charge in [-0.2, -0.15) is 5.10 Å². The fourth-order valence-corrected chi connectivity index (χ4v) is 2.89. The normalized spacial score (nSPS) is 12.7. The van der Waals surface area contributed by atoms with Crippen LogP contribution in [0.2, 0.25) is 0 Å². The molecule has 0 bridgehead atoms. The van der Waals surface area contributed by atoms with Gasteiger partial charge in [-0.1, -0.05) is 42.5 Å². The number of benzene rings is 2. The summed E-state index contributed by atoms with van der Waals surface area (Å²) in [6.45, 7) is 4.88. The molecule has 0 aliphatic heterocycles. The molecule has 0 aliphatic rings. The lowest BCUT2D eigenvalue weighted by Gasteiger charge is -2.14. The Labute approximate surface area is 124 Å². The van der Waals surface area contributed by atoms with Crippen LogP contribution in [0.1, 0.15) is 30.0 Å². The third-order valence-electron chi connectivity index (χ3n) is 3.87. The van der Waals surface area contributed by atoms with Crippen LogP contribution in [0.4, 0.5) is 0 Å². The Balaban J connectivity index is 1.95. The molecule has 108 valence electrons. The summed E-state index contributed by atoms with van der Waals surface area (Å²) in [6.07, 6.45) is 0.0698. The van der Waals surface area contributed by atoms with Crippen LogP contribution in [0, 0.1) is 6.92 Å². The molecule has 0 amide bonds. The molecule has 0 aliphatic carbocycles. The molecule has 1 aromatic heterocycles. The maximum Gasteiger partial charge on any atom is 0.0851 e. The van der Waals surface area contributed by atoms with E-state index in [4.69, 9.17) is 0 Å². The Morgan fingerprint density at radius 2 is 1.90 bits per heavy atom. The number of hydrogen-bond donors (Lipinski definition) is 1. The van der Waals surface area contributed by atoms with Crippen LogP contribution in [-0.4, -0.2) is 14.9 Å². The molecule has 3 nitrogen and oxygen atoms in total. The van der Waals surface area contributed by atoms with E-state index < -0.39 is 6.10 Å². The number of fused-ring (bicyclic) bond motifs is 1. The van der Waals surface area contributed by atoms with Crippen molar-refractivity contribution in [2.75, 3.05) is 0 Å². The maximum absolute atomic E-state index is 10.7. The summed E-state index contributed by atoms with van der Waals surface area (Å²) < 4.78 is 1.96. The molecule has 3 heteroatoms. The Hall–Kier alpha value is -2.13. The first-order valence-corrected chi connectivity index (χ1v) is 7.38. The van der Waals surface area contributed by atoms with Gasteiger partial charge in [0.1, 0.15) is 0 Å². The van der Waals surface area contributed by atoms with Crippen molar-refractivity contribution in [1.82, 2.24) is 9.78 Å². The van der Waals surface area contributed by atoms with E-state index in [-0.39, 0.29) is 0 Å². The van der Waals surface area contributed by atoms with E-state index in [0.29, 0.717) is 6.42 Å². The first kappa shape index (κ1) is 13.8. The lowest BCUT2D eigenvalue weighted by Crippen LogP contribution is -2.08. The zero-order valence-electron chi connectivity index (χ0n) is 12.5. The number of hydrogen-bond acceptors (Lipinski definition) is 2. The predicted molar refractivity (Wildman–Crippen MR) is 85.2 cm³/mol. The van der Waals surface area contributed by atoms with Gasteiger partial charge >= 0.3 is 0 Å².